The molecule has 3 aromatic carbocycles. The number of methoxy groups -OCH3 is 1. The van der Waals surface area contributed by atoms with E-state index in [4.69, 9.17) is 9.47 Å². The Kier molecular flexibility index (Phi) is 10.2. The van der Waals surface area contributed by atoms with Gasteiger partial charge in [0.15, 0.2) is 6.61 Å². The maximum atomic E-state index is 13.4. The number of nitrogens with zero attached hydrogens (tertiary/aromatic N) is 1. The van der Waals surface area contributed by atoms with Crippen molar-refractivity contribution in [2.75, 3.05) is 31.7 Å². The summed E-state index contributed by atoms with van der Waals surface area (Å²) in [5.41, 5.74) is 3.31. The second kappa shape index (κ2) is 14.2. The van der Waals surface area contributed by atoms with Crippen LogP contribution in [0.1, 0.15) is 53.6 Å². The van der Waals surface area contributed by atoms with Crippen LogP contribution < -0.4 is 25.0 Å². The summed E-state index contributed by atoms with van der Waals surface area (Å²) in [6, 6.07) is 22.6. The molecule has 0 spiro atoms. The van der Waals surface area contributed by atoms with Gasteiger partial charge in [-0.15, -0.1) is 0 Å². The number of carbonyl (C=O) groups is 2. The van der Waals surface area contributed by atoms with Gasteiger partial charge in [-0.3, -0.25) is 9.59 Å². The topological polar surface area (TPSA) is 79.9 Å². The minimum atomic E-state index is -0.153. The zero-order valence-corrected chi connectivity index (χ0v) is 22.1. The van der Waals surface area contributed by atoms with Crippen LogP contribution in [0.5, 0.6) is 11.5 Å². The maximum Gasteiger partial charge on any atom is 0.264 e. The van der Waals surface area contributed by atoms with Crippen LogP contribution in [-0.4, -0.2) is 38.6 Å². The number of anilines is 1. The Labute approximate surface area is 225 Å². The molecule has 7 heteroatoms. The smallest absolute Gasteiger partial charge is 0.264 e. The van der Waals surface area contributed by atoms with Gasteiger partial charge in [0.05, 0.1) is 7.11 Å². The molecule has 1 aliphatic heterocycles. The van der Waals surface area contributed by atoms with Gasteiger partial charge in [0.1, 0.15) is 11.5 Å². The largest absolute Gasteiger partial charge is 0.497 e. The summed E-state index contributed by atoms with van der Waals surface area (Å²) in [7, 11) is 1.63. The number of ether oxygens (including phenoxy) is 2. The first-order valence-corrected chi connectivity index (χ1v) is 13.4. The molecule has 3 aromatic rings. The first-order chi connectivity index (χ1) is 18.6. The predicted molar refractivity (Wildman–Crippen MR) is 150 cm³/mol. The number of amides is 2. The molecule has 0 radical (unpaired) electrons. The van der Waals surface area contributed by atoms with E-state index < -0.39 is 0 Å². The van der Waals surface area contributed by atoms with E-state index in [0.29, 0.717) is 30.9 Å². The van der Waals surface area contributed by atoms with Crippen LogP contribution in [0.3, 0.4) is 0 Å². The summed E-state index contributed by atoms with van der Waals surface area (Å²) in [6.07, 6.45) is 5.44. The molecule has 0 aliphatic carbocycles. The van der Waals surface area contributed by atoms with E-state index in [9.17, 15) is 9.59 Å². The highest BCUT2D eigenvalue weighted by Gasteiger charge is 2.21. The third-order valence-electron chi connectivity index (χ3n) is 6.70. The summed E-state index contributed by atoms with van der Waals surface area (Å²) in [4.78, 5) is 28.2. The summed E-state index contributed by atoms with van der Waals surface area (Å²) in [5, 5.41) is 6.50. The Morgan fingerprint density at radius 2 is 1.66 bits per heavy atom. The zero-order chi connectivity index (χ0) is 26.6. The highest BCUT2D eigenvalue weighted by Crippen LogP contribution is 2.25. The fourth-order valence-electron chi connectivity index (χ4n) is 4.55. The first kappa shape index (κ1) is 27.2. The van der Waals surface area contributed by atoms with Crippen molar-refractivity contribution in [3.05, 3.63) is 89.5 Å². The van der Waals surface area contributed by atoms with Crippen molar-refractivity contribution in [1.29, 1.82) is 0 Å². The molecule has 2 N–H and O–H groups in total. The lowest BCUT2D eigenvalue weighted by atomic mass is 10.0. The van der Waals surface area contributed by atoms with E-state index in [1.807, 2.05) is 71.6 Å². The second-order valence-corrected chi connectivity index (χ2v) is 9.47. The summed E-state index contributed by atoms with van der Waals surface area (Å²) < 4.78 is 11.0. The zero-order valence-electron chi connectivity index (χ0n) is 22.1. The van der Waals surface area contributed by atoms with Crippen LogP contribution in [0.4, 0.5) is 5.69 Å². The van der Waals surface area contributed by atoms with E-state index in [1.165, 1.54) is 6.42 Å². The lowest BCUT2D eigenvalue weighted by molar-refractivity contribution is -0.120. The number of hydrogen-bond acceptors (Lipinski definition) is 5. The third-order valence-corrected chi connectivity index (χ3v) is 6.70. The van der Waals surface area contributed by atoms with Crippen molar-refractivity contribution in [2.45, 2.75) is 45.2 Å². The van der Waals surface area contributed by atoms with Gasteiger partial charge in [-0.1, -0.05) is 49.6 Å². The lowest BCUT2D eigenvalue weighted by Crippen LogP contribution is -2.37. The minimum absolute atomic E-state index is 0.0407. The molecule has 4 rings (SSSR count). The number of para-hydroxylation sites is 1. The van der Waals surface area contributed by atoms with E-state index in [-0.39, 0.29) is 18.4 Å². The standard InChI is InChI=1S/C31H37N3O4/c1-37-27-15-12-24(13-16-27)21-33-31(36)25-14-17-29-26(20-25)22-32-18-8-3-2-4-9-19-34(29)30(35)23-38-28-10-6-5-7-11-28/h5-7,10-17,20,32H,2-4,8-9,18-19,21-23H2,1H3,(H,33,36). The summed E-state index contributed by atoms with van der Waals surface area (Å²) in [6.45, 7) is 2.48. The molecule has 0 fully saturated rings. The van der Waals surface area contributed by atoms with Gasteiger partial charge in [0.2, 0.25) is 0 Å². The van der Waals surface area contributed by atoms with Gasteiger partial charge in [-0.2, -0.15) is 0 Å². The highest BCUT2D eigenvalue weighted by atomic mass is 16.5. The van der Waals surface area contributed by atoms with Crippen LogP contribution in [-0.2, 0) is 17.9 Å². The number of fused-ring (bicyclic) bond motifs is 1. The SMILES string of the molecule is COc1ccc(CNC(=O)c2ccc3c(c2)CNCCCCCCCN3C(=O)COc2ccccc2)cc1. The predicted octanol–water partition coefficient (Wildman–Crippen LogP) is 5.09. The number of benzene rings is 3. The Morgan fingerprint density at radius 3 is 2.45 bits per heavy atom. The molecule has 2 amide bonds. The van der Waals surface area contributed by atoms with Crippen molar-refractivity contribution in [2.24, 2.45) is 0 Å². The summed E-state index contributed by atoms with van der Waals surface area (Å²) >= 11 is 0. The Bertz CT molecular complexity index is 1180. The van der Waals surface area contributed by atoms with Crippen molar-refractivity contribution in [3.8, 4) is 11.5 Å². The van der Waals surface area contributed by atoms with E-state index in [2.05, 4.69) is 10.6 Å². The molecule has 200 valence electrons. The van der Waals surface area contributed by atoms with Gasteiger partial charge in [0, 0.05) is 30.9 Å². The van der Waals surface area contributed by atoms with Crippen LogP contribution >= 0.6 is 0 Å². The van der Waals surface area contributed by atoms with Crippen molar-refractivity contribution in [1.82, 2.24) is 10.6 Å². The molecule has 0 bridgehead atoms. The van der Waals surface area contributed by atoms with Crippen LogP contribution in [0, 0.1) is 0 Å². The molecule has 0 aromatic heterocycles. The van der Waals surface area contributed by atoms with Crippen molar-refractivity contribution in [3.63, 3.8) is 0 Å². The molecule has 1 aliphatic rings. The normalized spacial score (nSPS) is 14.4. The van der Waals surface area contributed by atoms with Gasteiger partial charge >= 0.3 is 0 Å². The molecular formula is C31H37N3O4. The third kappa shape index (κ3) is 7.83. The fourth-order valence-corrected chi connectivity index (χ4v) is 4.55. The minimum Gasteiger partial charge on any atom is -0.497 e. The molecule has 0 atom stereocenters. The quantitative estimate of drug-likeness (QED) is 0.458. The van der Waals surface area contributed by atoms with Gasteiger partial charge in [-0.25, -0.2) is 0 Å². The van der Waals surface area contributed by atoms with Crippen molar-refractivity contribution < 1.29 is 19.1 Å². The molecule has 0 saturated carbocycles. The fraction of sp³-hybridized carbons (Fsp3) is 0.355. The molecule has 38 heavy (non-hydrogen) atoms. The van der Waals surface area contributed by atoms with E-state index >= 15 is 0 Å². The highest BCUT2D eigenvalue weighted by molar-refractivity contribution is 5.98. The van der Waals surface area contributed by atoms with Gasteiger partial charge in [0.25, 0.3) is 11.8 Å². The lowest BCUT2D eigenvalue weighted by Gasteiger charge is -2.26. The second-order valence-electron chi connectivity index (χ2n) is 9.47. The Balaban J connectivity index is 1.51. The Hall–Kier alpha value is -3.84. The monoisotopic (exact) mass is 515 g/mol. The number of rotatable bonds is 7. The average Bonchev–Trinajstić information content (AvgIpc) is 2.95. The Morgan fingerprint density at radius 1 is 0.895 bits per heavy atom. The molecule has 7 nitrogen and oxygen atoms in total. The molecule has 0 unspecified atom stereocenters. The van der Waals surface area contributed by atoms with Crippen molar-refractivity contribution >= 4 is 17.5 Å². The number of nitrogens with one attached hydrogen (secondary N) is 2. The maximum absolute atomic E-state index is 13.4. The van der Waals surface area contributed by atoms with Crippen LogP contribution in [0.25, 0.3) is 0 Å². The van der Waals surface area contributed by atoms with Crippen LogP contribution in [0.2, 0.25) is 0 Å². The van der Waals surface area contributed by atoms with Gasteiger partial charge in [-0.05, 0) is 73.0 Å². The first-order valence-electron chi connectivity index (χ1n) is 13.4. The average molecular weight is 516 g/mol. The van der Waals surface area contributed by atoms with E-state index in [1.54, 1.807) is 13.2 Å². The summed E-state index contributed by atoms with van der Waals surface area (Å²) in [5.74, 6) is 1.20. The molecular weight excluding hydrogens is 478 g/mol. The molecule has 1 heterocycles. The number of hydrogen-bond donors (Lipinski definition) is 2. The van der Waals surface area contributed by atoms with Gasteiger partial charge < -0.3 is 25.0 Å². The van der Waals surface area contributed by atoms with E-state index in [0.717, 1.165) is 54.8 Å². The number of carbonyl (C=O) groups excluding carboxylic acids is 2. The van der Waals surface area contributed by atoms with Crippen LogP contribution in [0.15, 0.2) is 72.8 Å². The molecule has 0 saturated heterocycles.